The fraction of sp³-hybridized carbons (Fsp3) is 0.444. The van der Waals surface area contributed by atoms with Gasteiger partial charge in [-0.3, -0.25) is 19.8 Å². The Morgan fingerprint density at radius 2 is 2.00 bits per heavy atom. The van der Waals surface area contributed by atoms with Crippen molar-refractivity contribution >= 4 is 5.84 Å². The Balaban J connectivity index is 3.09. The topological polar surface area (TPSA) is 125 Å². The Morgan fingerprint density at radius 1 is 1.42 bits per heavy atom. The fourth-order valence-corrected chi connectivity index (χ4v) is 1.45. The van der Waals surface area contributed by atoms with E-state index < -0.39 is 54.1 Å². The maximum absolute atomic E-state index is 12.0. The van der Waals surface area contributed by atoms with Crippen LogP contribution in [0.2, 0.25) is 0 Å². The summed E-state index contributed by atoms with van der Waals surface area (Å²) in [5.41, 5.74) is 2.27. The average molecular weight is 280 g/mol. The molecule has 0 aromatic carbocycles. The van der Waals surface area contributed by atoms with Crippen molar-refractivity contribution < 1.29 is 18.3 Å². The SMILES string of the molecule is N=C(N)c1c(O)n(CCCC(F)(F)F)c(=O)[nH]c1=O. The van der Waals surface area contributed by atoms with E-state index in [4.69, 9.17) is 11.1 Å². The monoisotopic (exact) mass is 280 g/mol. The summed E-state index contributed by atoms with van der Waals surface area (Å²) >= 11 is 0. The molecular weight excluding hydrogens is 269 g/mol. The van der Waals surface area contributed by atoms with Gasteiger partial charge in [-0.05, 0) is 6.42 Å². The van der Waals surface area contributed by atoms with Gasteiger partial charge in [-0.15, -0.1) is 0 Å². The Morgan fingerprint density at radius 3 is 2.47 bits per heavy atom. The number of aromatic amines is 1. The Hall–Kier alpha value is -2.26. The van der Waals surface area contributed by atoms with E-state index >= 15 is 0 Å². The first-order valence-electron chi connectivity index (χ1n) is 5.10. The molecule has 0 atom stereocenters. The van der Waals surface area contributed by atoms with Gasteiger partial charge in [0.15, 0.2) is 0 Å². The highest BCUT2D eigenvalue weighted by Crippen LogP contribution is 2.22. The highest BCUT2D eigenvalue weighted by atomic mass is 19.4. The van der Waals surface area contributed by atoms with E-state index in [0.717, 1.165) is 0 Å². The number of hydrogen-bond acceptors (Lipinski definition) is 4. The van der Waals surface area contributed by atoms with E-state index in [0.29, 0.717) is 4.57 Å². The number of hydrogen-bond donors (Lipinski definition) is 4. The van der Waals surface area contributed by atoms with Crippen molar-refractivity contribution in [2.24, 2.45) is 5.73 Å². The third kappa shape index (κ3) is 3.60. The number of halogens is 3. The van der Waals surface area contributed by atoms with Crippen molar-refractivity contribution in [2.45, 2.75) is 25.6 Å². The minimum absolute atomic E-state index is 0.457. The summed E-state index contributed by atoms with van der Waals surface area (Å²) in [4.78, 5) is 24.4. The van der Waals surface area contributed by atoms with E-state index in [-0.39, 0.29) is 0 Å². The molecule has 0 aliphatic carbocycles. The number of nitrogen functional groups attached to an aromatic ring is 1. The van der Waals surface area contributed by atoms with Crippen molar-refractivity contribution in [3.63, 3.8) is 0 Å². The van der Waals surface area contributed by atoms with E-state index in [1.54, 1.807) is 4.98 Å². The third-order valence-electron chi connectivity index (χ3n) is 2.28. The van der Waals surface area contributed by atoms with Crippen LogP contribution in [0, 0.1) is 5.41 Å². The first-order chi connectivity index (χ1) is 8.63. The van der Waals surface area contributed by atoms with E-state index in [2.05, 4.69) is 0 Å². The van der Waals surface area contributed by atoms with Gasteiger partial charge in [-0.2, -0.15) is 13.2 Å². The second-order valence-electron chi connectivity index (χ2n) is 3.74. The zero-order chi connectivity index (χ0) is 14.8. The molecule has 1 aromatic heterocycles. The summed E-state index contributed by atoms with van der Waals surface area (Å²) in [6.45, 7) is -0.457. The number of nitrogens with zero attached hydrogens (tertiary/aromatic N) is 1. The molecule has 106 valence electrons. The Labute approximate surface area is 104 Å². The van der Waals surface area contributed by atoms with Crippen LogP contribution in [0.15, 0.2) is 9.59 Å². The molecule has 0 fully saturated rings. The highest BCUT2D eigenvalue weighted by Gasteiger charge is 2.26. The summed E-state index contributed by atoms with van der Waals surface area (Å²) < 4.78 is 36.4. The van der Waals surface area contributed by atoms with Crippen LogP contribution in [0.3, 0.4) is 0 Å². The second-order valence-corrected chi connectivity index (χ2v) is 3.74. The average Bonchev–Trinajstić information content (AvgIpc) is 2.20. The lowest BCUT2D eigenvalue weighted by molar-refractivity contribution is -0.136. The second kappa shape index (κ2) is 5.16. The zero-order valence-electron chi connectivity index (χ0n) is 9.54. The minimum atomic E-state index is -4.38. The molecule has 19 heavy (non-hydrogen) atoms. The van der Waals surface area contributed by atoms with E-state index in [9.17, 15) is 27.9 Å². The zero-order valence-corrected chi connectivity index (χ0v) is 9.54. The number of amidine groups is 1. The van der Waals surface area contributed by atoms with Crippen LogP contribution in [0.5, 0.6) is 5.88 Å². The summed E-state index contributed by atoms with van der Waals surface area (Å²) in [7, 11) is 0. The molecule has 10 heteroatoms. The molecule has 5 N–H and O–H groups in total. The number of H-pyrrole nitrogens is 1. The number of rotatable bonds is 4. The summed E-state index contributed by atoms with van der Waals surface area (Å²) in [5, 5.41) is 16.7. The number of aromatic nitrogens is 2. The molecule has 0 radical (unpaired) electrons. The van der Waals surface area contributed by atoms with Crippen LogP contribution < -0.4 is 17.0 Å². The standard InChI is InChI=1S/C9H11F3N4O3/c10-9(11,12)2-1-3-16-7(18)4(5(13)14)6(17)15-8(16)19/h18H,1-3H2,(H3,13,14)(H,15,17,19). The van der Waals surface area contributed by atoms with Crippen molar-refractivity contribution in [1.29, 1.82) is 5.41 Å². The molecule has 1 rings (SSSR count). The van der Waals surface area contributed by atoms with Gasteiger partial charge in [0, 0.05) is 13.0 Å². The van der Waals surface area contributed by atoms with Crippen molar-refractivity contribution in [2.75, 3.05) is 0 Å². The molecular formula is C9H11F3N4O3. The van der Waals surface area contributed by atoms with Crippen LogP contribution in [-0.2, 0) is 6.54 Å². The molecule has 0 spiro atoms. The quantitative estimate of drug-likeness (QED) is 0.452. The Kier molecular flexibility index (Phi) is 4.02. The first-order valence-corrected chi connectivity index (χ1v) is 5.10. The number of nitrogens with two attached hydrogens (primary N) is 1. The van der Waals surface area contributed by atoms with Gasteiger partial charge >= 0.3 is 11.9 Å². The Bertz CT molecular complexity index is 602. The summed E-state index contributed by atoms with van der Waals surface area (Å²) in [5.74, 6) is -1.70. The third-order valence-corrected chi connectivity index (χ3v) is 2.28. The van der Waals surface area contributed by atoms with Crippen molar-refractivity contribution in [3.8, 4) is 5.88 Å². The van der Waals surface area contributed by atoms with Crippen molar-refractivity contribution in [1.82, 2.24) is 9.55 Å². The number of alkyl halides is 3. The van der Waals surface area contributed by atoms with Crippen LogP contribution in [0.4, 0.5) is 13.2 Å². The molecule has 0 aliphatic rings. The van der Waals surface area contributed by atoms with Crippen LogP contribution in [-0.4, -0.2) is 26.7 Å². The predicted octanol–water partition coefficient (Wildman–Crippen LogP) is -0.131. The van der Waals surface area contributed by atoms with Gasteiger partial charge in [0.1, 0.15) is 11.4 Å². The minimum Gasteiger partial charge on any atom is -0.494 e. The van der Waals surface area contributed by atoms with Gasteiger partial charge in [-0.1, -0.05) is 0 Å². The molecule has 0 unspecified atom stereocenters. The van der Waals surface area contributed by atoms with Crippen LogP contribution in [0.25, 0.3) is 0 Å². The first kappa shape index (κ1) is 14.8. The normalized spacial score (nSPS) is 11.5. The lowest BCUT2D eigenvalue weighted by Gasteiger charge is -2.11. The van der Waals surface area contributed by atoms with Gasteiger partial charge in [0.25, 0.3) is 5.56 Å². The predicted molar refractivity (Wildman–Crippen MR) is 59.3 cm³/mol. The van der Waals surface area contributed by atoms with E-state index in [1.165, 1.54) is 0 Å². The molecule has 7 nitrogen and oxygen atoms in total. The number of nitrogens with one attached hydrogen (secondary N) is 2. The molecule has 0 aliphatic heterocycles. The maximum Gasteiger partial charge on any atom is 0.389 e. The lowest BCUT2D eigenvalue weighted by Crippen LogP contribution is -2.35. The molecule has 0 bridgehead atoms. The molecule has 0 saturated carbocycles. The highest BCUT2D eigenvalue weighted by molar-refractivity contribution is 5.96. The largest absolute Gasteiger partial charge is 0.494 e. The number of aromatic hydroxyl groups is 1. The fourth-order valence-electron chi connectivity index (χ4n) is 1.45. The van der Waals surface area contributed by atoms with Gasteiger partial charge in [-0.25, -0.2) is 4.79 Å². The van der Waals surface area contributed by atoms with Gasteiger partial charge in [0.2, 0.25) is 5.88 Å². The summed E-state index contributed by atoms with van der Waals surface area (Å²) in [6.07, 6.45) is -5.99. The molecule has 0 saturated heterocycles. The van der Waals surface area contributed by atoms with Gasteiger partial charge < -0.3 is 10.8 Å². The van der Waals surface area contributed by atoms with E-state index in [1.807, 2.05) is 0 Å². The molecule has 0 amide bonds. The van der Waals surface area contributed by atoms with Gasteiger partial charge in [0.05, 0.1) is 0 Å². The summed E-state index contributed by atoms with van der Waals surface area (Å²) in [6, 6.07) is 0. The molecule has 1 aromatic rings. The smallest absolute Gasteiger partial charge is 0.389 e. The lowest BCUT2D eigenvalue weighted by atomic mass is 10.2. The van der Waals surface area contributed by atoms with Crippen molar-refractivity contribution in [3.05, 3.63) is 26.4 Å². The van der Waals surface area contributed by atoms with Crippen LogP contribution >= 0.6 is 0 Å². The van der Waals surface area contributed by atoms with Crippen LogP contribution in [0.1, 0.15) is 18.4 Å². The molecule has 1 heterocycles. The maximum atomic E-state index is 12.0.